The van der Waals surface area contributed by atoms with Crippen LogP contribution >= 0.6 is 11.3 Å². The van der Waals surface area contributed by atoms with Crippen molar-refractivity contribution in [3.8, 4) is 16.5 Å². The highest BCUT2D eigenvalue weighted by atomic mass is 32.2. The molecule has 0 amide bonds. The van der Waals surface area contributed by atoms with Gasteiger partial charge in [0.2, 0.25) is 21.7 Å². The van der Waals surface area contributed by atoms with Crippen LogP contribution in [0.2, 0.25) is 0 Å². The summed E-state index contributed by atoms with van der Waals surface area (Å²) < 4.78 is 38.5. The minimum atomic E-state index is -3.60. The van der Waals surface area contributed by atoms with Crippen molar-refractivity contribution in [3.63, 3.8) is 0 Å². The standard InChI is InChI=1S/C19H22N4O4S2/c1-2-26-15-8-7-14(12-17(15)29(24,25)23-9-3-4-10-23)20-13-18-21-19(22-27-18)16-6-5-11-28-16/h5-8,11-12,20H,2-4,9-10,13H2,1H3. The molecule has 0 aliphatic carbocycles. The molecular weight excluding hydrogens is 412 g/mol. The molecule has 154 valence electrons. The van der Waals surface area contributed by atoms with E-state index in [9.17, 15) is 8.42 Å². The van der Waals surface area contributed by atoms with Gasteiger partial charge in [-0.05, 0) is 49.4 Å². The number of nitrogens with one attached hydrogen (secondary N) is 1. The molecule has 0 radical (unpaired) electrons. The Kier molecular flexibility index (Phi) is 5.84. The van der Waals surface area contributed by atoms with Crippen molar-refractivity contribution in [2.75, 3.05) is 25.0 Å². The van der Waals surface area contributed by atoms with E-state index < -0.39 is 10.0 Å². The van der Waals surface area contributed by atoms with Crippen molar-refractivity contribution in [2.45, 2.75) is 31.2 Å². The summed E-state index contributed by atoms with van der Waals surface area (Å²) in [6.45, 7) is 3.59. The molecule has 0 bridgehead atoms. The fraction of sp³-hybridized carbons (Fsp3) is 0.368. The van der Waals surface area contributed by atoms with Gasteiger partial charge in [0.1, 0.15) is 10.6 Å². The number of rotatable bonds is 8. The van der Waals surface area contributed by atoms with Crippen LogP contribution in [0.1, 0.15) is 25.7 Å². The van der Waals surface area contributed by atoms with Crippen LogP contribution < -0.4 is 10.1 Å². The third-order valence-corrected chi connectivity index (χ3v) is 7.37. The molecule has 1 aliphatic rings. The molecule has 8 nitrogen and oxygen atoms in total. The molecule has 1 N–H and O–H groups in total. The molecule has 0 saturated carbocycles. The van der Waals surface area contributed by atoms with Crippen molar-refractivity contribution in [3.05, 3.63) is 41.6 Å². The number of hydrogen-bond acceptors (Lipinski definition) is 8. The van der Waals surface area contributed by atoms with Gasteiger partial charge in [-0.2, -0.15) is 9.29 Å². The summed E-state index contributed by atoms with van der Waals surface area (Å²) in [4.78, 5) is 5.48. The quantitative estimate of drug-likeness (QED) is 0.578. The van der Waals surface area contributed by atoms with Gasteiger partial charge in [-0.1, -0.05) is 11.2 Å². The van der Waals surface area contributed by atoms with E-state index in [1.807, 2.05) is 24.4 Å². The maximum Gasteiger partial charge on any atom is 0.246 e. The second kappa shape index (κ2) is 8.52. The molecular formula is C19H22N4O4S2. The fourth-order valence-corrected chi connectivity index (χ4v) is 5.50. The van der Waals surface area contributed by atoms with Crippen molar-refractivity contribution >= 4 is 27.0 Å². The smallest absolute Gasteiger partial charge is 0.246 e. The number of thiophene rings is 1. The molecule has 0 atom stereocenters. The van der Waals surface area contributed by atoms with Gasteiger partial charge in [0.05, 0.1) is 18.0 Å². The Morgan fingerprint density at radius 3 is 2.83 bits per heavy atom. The lowest BCUT2D eigenvalue weighted by Crippen LogP contribution is -2.28. The van der Waals surface area contributed by atoms with Crippen molar-refractivity contribution in [1.82, 2.24) is 14.4 Å². The van der Waals surface area contributed by atoms with E-state index >= 15 is 0 Å². The summed E-state index contributed by atoms with van der Waals surface area (Å²) in [5, 5.41) is 9.09. The first-order chi connectivity index (χ1) is 14.1. The zero-order valence-electron chi connectivity index (χ0n) is 16.0. The van der Waals surface area contributed by atoms with Crippen LogP contribution in [0.4, 0.5) is 5.69 Å². The van der Waals surface area contributed by atoms with Gasteiger partial charge in [-0.25, -0.2) is 8.42 Å². The van der Waals surface area contributed by atoms with E-state index in [-0.39, 0.29) is 11.4 Å². The van der Waals surface area contributed by atoms with Crippen molar-refractivity contribution in [2.24, 2.45) is 0 Å². The summed E-state index contributed by atoms with van der Waals surface area (Å²) in [7, 11) is -3.60. The highest BCUT2D eigenvalue weighted by Gasteiger charge is 2.30. The summed E-state index contributed by atoms with van der Waals surface area (Å²) in [6.07, 6.45) is 1.76. The fourth-order valence-electron chi connectivity index (χ4n) is 3.17. The minimum Gasteiger partial charge on any atom is -0.492 e. The average Bonchev–Trinajstić information content (AvgIpc) is 3.49. The minimum absolute atomic E-state index is 0.177. The van der Waals surface area contributed by atoms with Gasteiger partial charge in [-0.15, -0.1) is 11.3 Å². The summed E-state index contributed by atoms with van der Waals surface area (Å²) in [5.41, 5.74) is 0.641. The molecule has 10 heteroatoms. The van der Waals surface area contributed by atoms with Crippen LogP contribution in [0.3, 0.4) is 0 Å². The van der Waals surface area contributed by atoms with Crippen molar-refractivity contribution in [1.29, 1.82) is 0 Å². The lowest BCUT2D eigenvalue weighted by atomic mass is 10.3. The zero-order valence-corrected chi connectivity index (χ0v) is 17.6. The molecule has 0 spiro atoms. The Hall–Kier alpha value is -2.43. The van der Waals surface area contributed by atoms with E-state index in [1.165, 1.54) is 15.6 Å². The topological polar surface area (TPSA) is 97.6 Å². The number of benzene rings is 1. The third kappa shape index (κ3) is 4.29. The van der Waals surface area contributed by atoms with Crippen molar-refractivity contribution < 1.29 is 17.7 Å². The molecule has 3 aromatic rings. The number of nitrogens with zero attached hydrogens (tertiary/aromatic N) is 3. The van der Waals surface area contributed by atoms with E-state index in [0.29, 0.717) is 42.8 Å². The Bertz CT molecular complexity index is 1060. The Balaban J connectivity index is 1.53. The number of anilines is 1. The highest BCUT2D eigenvalue weighted by molar-refractivity contribution is 7.89. The maximum atomic E-state index is 13.1. The molecule has 1 aliphatic heterocycles. The summed E-state index contributed by atoms with van der Waals surface area (Å²) in [5.74, 6) is 1.33. The second-order valence-electron chi connectivity index (χ2n) is 6.55. The van der Waals surface area contributed by atoms with Crippen LogP contribution in [0.15, 0.2) is 45.1 Å². The first-order valence-corrected chi connectivity index (χ1v) is 11.8. The second-order valence-corrected chi connectivity index (χ2v) is 9.40. The molecule has 1 aromatic carbocycles. The highest BCUT2D eigenvalue weighted by Crippen LogP contribution is 2.32. The first kappa shape index (κ1) is 19.9. The van der Waals surface area contributed by atoms with Gasteiger partial charge in [-0.3, -0.25) is 0 Å². The first-order valence-electron chi connectivity index (χ1n) is 9.45. The van der Waals surface area contributed by atoms with E-state index in [0.717, 1.165) is 17.7 Å². The van der Waals surface area contributed by atoms with E-state index in [1.54, 1.807) is 18.2 Å². The number of sulfonamides is 1. The van der Waals surface area contributed by atoms with Gasteiger partial charge < -0.3 is 14.6 Å². The third-order valence-electron chi connectivity index (χ3n) is 4.58. The van der Waals surface area contributed by atoms with Gasteiger partial charge in [0, 0.05) is 18.8 Å². The SMILES string of the molecule is CCOc1ccc(NCc2nc(-c3cccs3)no2)cc1S(=O)(=O)N1CCCC1. The Morgan fingerprint density at radius 2 is 2.10 bits per heavy atom. The van der Waals surface area contributed by atoms with Crippen LogP contribution in [0.5, 0.6) is 5.75 Å². The molecule has 0 unspecified atom stereocenters. The Labute approximate surface area is 173 Å². The van der Waals surface area contributed by atoms with Crippen LogP contribution in [-0.2, 0) is 16.6 Å². The number of hydrogen-bond donors (Lipinski definition) is 1. The summed E-state index contributed by atoms with van der Waals surface area (Å²) in [6, 6.07) is 8.92. The average molecular weight is 435 g/mol. The van der Waals surface area contributed by atoms with Gasteiger partial charge in [0.25, 0.3) is 0 Å². The van der Waals surface area contributed by atoms with E-state index in [2.05, 4.69) is 15.5 Å². The predicted octanol–water partition coefficient (Wildman–Crippen LogP) is 3.59. The molecule has 1 saturated heterocycles. The lowest BCUT2D eigenvalue weighted by molar-refractivity contribution is 0.329. The Morgan fingerprint density at radius 1 is 1.28 bits per heavy atom. The number of aromatic nitrogens is 2. The summed E-state index contributed by atoms with van der Waals surface area (Å²) >= 11 is 1.54. The van der Waals surface area contributed by atoms with Crippen LogP contribution in [0, 0.1) is 0 Å². The lowest BCUT2D eigenvalue weighted by Gasteiger charge is -2.19. The normalized spacial score (nSPS) is 14.9. The monoisotopic (exact) mass is 434 g/mol. The molecule has 2 aromatic heterocycles. The maximum absolute atomic E-state index is 13.1. The van der Waals surface area contributed by atoms with Crippen LogP contribution in [-0.4, -0.2) is 42.6 Å². The predicted molar refractivity (Wildman–Crippen MR) is 111 cm³/mol. The van der Waals surface area contributed by atoms with Gasteiger partial charge >= 0.3 is 0 Å². The zero-order chi connectivity index (χ0) is 20.3. The molecule has 1 fully saturated rings. The van der Waals surface area contributed by atoms with Crippen LogP contribution in [0.25, 0.3) is 10.7 Å². The molecule has 3 heterocycles. The molecule has 4 rings (SSSR count). The van der Waals surface area contributed by atoms with Gasteiger partial charge in [0.15, 0.2) is 0 Å². The molecule has 29 heavy (non-hydrogen) atoms. The number of ether oxygens (including phenoxy) is 1. The largest absolute Gasteiger partial charge is 0.492 e. The van der Waals surface area contributed by atoms with E-state index in [4.69, 9.17) is 9.26 Å².